The number of fused-ring (bicyclic) bond motifs is 1. The predicted octanol–water partition coefficient (Wildman–Crippen LogP) is 2.68. The first-order valence-corrected chi connectivity index (χ1v) is 11.1. The molecule has 1 aliphatic rings. The molecule has 2 aromatic heterocycles. The maximum atomic E-state index is 11.3. The molecule has 1 aromatic carbocycles. The van der Waals surface area contributed by atoms with Gasteiger partial charge in [-0.25, -0.2) is 9.67 Å². The van der Waals surface area contributed by atoms with E-state index in [0.717, 1.165) is 42.3 Å². The number of benzene rings is 1. The van der Waals surface area contributed by atoms with Crippen LogP contribution in [0.5, 0.6) is 5.75 Å². The van der Waals surface area contributed by atoms with Gasteiger partial charge in [-0.05, 0) is 37.8 Å². The summed E-state index contributed by atoms with van der Waals surface area (Å²) in [5, 5.41) is 21.1. The minimum atomic E-state index is 0.0281. The van der Waals surface area contributed by atoms with E-state index in [0.29, 0.717) is 18.4 Å². The van der Waals surface area contributed by atoms with Crippen LogP contribution in [-0.2, 0) is 4.79 Å². The zero-order valence-electron chi connectivity index (χ0n) is 18.5. The highest BCUT2D eigenvalue weighted by Gasteiger charge is 2.22. The Hall–Kier alpha value is -3.20. The molecule has 2 heterocycles. The SMILES string of the molecule is CC(=O)NC1CCC(Nc2nccc(-n3ncc4c(OCC(C)CO)cccc43)n2)CC1. The van der Waals surface area contributed by atoms with E-state index in [1.807, 2.05) is 31.2 Å². The van der Waals surface area contributed by atoms with E-state index >= 15 is 0 Å². The van der Waals surface area contributed by atoms with Gasteiger partial charge in [0, 0.05) is 43.8 Å². The van der Waals surface area contributed by atoms with Gasteiger partial charge in [0.15, 0.2) is 5.82 Å². The number of nitrogens with zero attached hydrogens (tertiary/aromatic N) is 4. The molecule has 1 aliphatic carbocycles. The minimum Gasteiger partial charge on any atom is -0.492 e. The summed E-state index contributed by atoms with van der Waals surface area (Å²) < 4.78 is 7.67. The number of hydrogen-bond acceptors (Lipinski definition) is 7. The normalized spacial score (nSPS) is 19.5. The first-order valence-electron chi connectivity index (χ1n) is 11.1. The third kappa shape index (κ3) is 5.16. The van der Waals surface area contributed by atoms with Crippen molar-refractivity contribution in [3.63, 3.8) is 0 Å². The van der Waals surface area contributed by atoms with Gasteiger partial charge in [0.05, 0.1) is 23.7 Å². The monoisotopic (exact) mass is 438 g/mol. The van der Waals surface area contributed by atoms with Crippen molar-refractivity contribution >= 4 is 22.8 Å². The Balaban J connectivity index is 1.47. The molecule has 4 rings (SSSR count). The Bertz CT molecular complexity index is 1060. The number of rotatable bonds is 8. The Labute approximate surface area is 187 Å². The number of amides is 1. The van der Waals surface area contributed by atoms with Gasteiger partial charge < -0.3 is 20.5 Å². The van der Waals surface area contributed by atoms with Crippen LogP contribution in [0.3, 0.4) is 0 Å². The fourth-order valence-corrected chi connectivity index (χ4v) is 4.01. The van der Waals surface area contributed by atoms with Crippen LogP contribution in [0.15, 0.2) is 36.7 Å². The molecule has 1 unspecified atom stereocenters. The average Bonchev–Trinajstić information content (AvgIpc) is 3.23. The maximum Gasteiger partial charge on any atom is 0.224 e. The van der Waals surface area contributed by atoms with Crippen molar-refractivity contribution in [2.75, 3.05) is 18.5 Å². The van der Waals surface area contributed by atoms with Gasteiger partial charge in [-0.1, -0.05) is 13.0 Å². The third-order valence-electron chi connectivity index (χ3n) is 5.73. The largest absolute Gasteiger partial charge is 0.492 e. The summed E-state index contributed by atoms with van der Waals surface area (Å²) in [5.74, 6) is 2.06. The number of aliphatic hydroxyl groups excluding tert-OH is 1. The topological polar surface area (TPSA) is 114 Å². The van der Waals surface area contributed by atoms with Gasteiger partial charge in [0.1, 0.15) is 5.75 Å². The lowest BCUT2D eigenvalue weighted by molar-refractivity contribution is -0.119. The van der Waals surface area contributed by atoms with Crippen molar-refractivity contribution in [3.8, 4) is 11.6 Å². The standard InChI is InChI=1S/C23H30N6O3/c1-15(13-30)14-32-21-5-3-4-20-19(21)12-25-29(20)22-10-11-24-23(28-22)27-18-8-6-17(7-9-18)26-16(2)31/h3-5,10-12,15,17-18,30H,6-9,13-14H2,1-2H3,(H,26,31)(H,24,27,28). The van der Waals surface area contributed by atoms with Gasteiger partial charge in [0.25, 0.3) is 0 Å². The highest BCUT2D eigenvalue weighted by atomic mass is 16.5. The van der Waals surface area contributed by atoms with Gasteiger partial charge in [0.2, 0.25) is 11.9 Å². The van der Waals surface area contributed by atoms with Crippen LogP contribution >= 0.6 is 0 Å². The summed E-state index contributed by atoms with van der Waals surface area (Å²) in [4.78, 5) is 20.3. The van der Waals surface area contributed by atoms with Gasteiger partial charge in [-0.3, -0.25) is 4.79 Å². The molecule has 1 amide bonds. The zero-order valence-corrected chi connectivity index (χ0v) is 18.5. The molecule has 0 aliphatic heterocycles. The van der Waals surface area contributed by atoms with Gasteiger partial charge in [-0.15, -0.1) is 0 Å². The second kappa shape index (κ2) is 9.95. The molecule has 1 fully saturated rings. The fraction of sp³-hybridized carbons (Fsp3) is 0.478. The van der Waals surface area contributed by atoms with E-state index in [1.54, 1.807) is 24.0 Å². The summed E-state index contributed by atoms with van der Waals surface area (Å²) in [6.45, 7) is 4.02. The second-order valence-corrected chi connectivity index (χ2v) is 8.48. The minimum absolute atomic E-state index is 0.0281. The van der Waals surface area contributed by atoms with E-state index in [9.17, 15) is 9.90 Å². The highest BCUT2D eigenvalue weighted by molar-refractivity contribution is 5.86. The number of carbonyl (C=O) groups is 1. The number of hydrogen-bond donors (Lipinski definition) is 3. The summed E-state index contributed by atoms with van der Waals surface area (Å²) >= 11 is 0. The number of anilines is 1. The molecule has 0 spiro atoms. The predicted molar refractivity (Wildman–Crippen MR) is 122 cm³/mol. The summed E-state index contributed by atoms with van der Waals surface area (Å²) in [6, 6.07) is 8.16. The number of aromatic nitrogens is 4. The van der Waals surface area contributed by atoms with Crippen LogP contribution in [0.25, 0.3) is 16.7 Å². The number of nitrogens with one attached hydrogen (secondary N) is 2. The lowest BCUT2D eigenvalue weighted by atomic mass is 9.91. The highest BCUT2D eigenvalue weighted by Crippen LogP contribution is 2.27. The molecule has 1 saturated carbocycles. The van der Waals surface area contributed by atoms with Crippen molar-refractivity contribution < 1.29 is 14.6 Å². The fourth-order valence-electron chi connectivity index (χ4n) is 4.01. The number of ether oxygens (including phenoxy) is 1. The van der Waals surface area contributed by atoms with Crippen LogP contribution in [-0.4, -0.2) is 56.1 Å². The molecule has 32 heavy (non-hydrogen) atoms. The van der Waals surface area contributed by atoms with E-state index in [4.69, 9.17) is 4.74 Å². The van der Waals surface area contributed by atoms with Crippen LogP contribution in [0.1, 0.15) is 39.5 Å². The Morgan fingerprint density at radius 2 is 2.03 bits per heavy atom. The molecular weight excluding hydrogens is 408 g/mol. The van der Waals surface area contributed by atoms with Crippen molar-refractivity contribution in [2.24, 2.45) is 5.92 Å². The van der Waals surface area contributed by atoms with Gasteiger partial charge in [-0.2, -0.15) is 10.1 Å². The first kappa shape index (κ1) is 22.0. The molecule has 0 bridgehead atoms. The van der Waals surface area contributed by atoms with Crippen LogP contribution < -0.4 is 15.4 Å². The van der Waals surface area contributed by atoms with Crippen LogP contribution in [0, 0.1) is 5.92 Å². The van der Waals surface area contributed by atoms with E-state index in [-0.39, 0.29) is 30.5 Å². The molecule has 3 aromatic rings. The smallest absolute Gasteiger partial charge is 0.224 e. The maximum absolute atomic E-state index is 11.3. The summed E-state index contributed by atoms with van der Waals surface area (Å²) in [5.41, 5.74) is 0.889. The Kier molecular flexibility index (Phi) is 6.84. The molecular formula is C23H30N6O3. The molecule has 170 valence electrons. The van der Waals surface area contributed by atoms with Crippen molar-refractivity contribution in [1.29, 1.82) is 0 Å². The lowest BCUT2D eigenvalue weighted by Crippen LogP contribution is -2.39. The lowest BCUT2D eigenvalue weighted by Gasteiger charge is -2.29. The molecule has 9 nitrogen and oxygen atoms in total. The molecule has 0 saturated heterocycles. The summed E-state index contributed by atoms with van der Waals surface area (Å²) in [6.07, 6.45) is 7.29. The van der Waals surface area contributed by atoms with E-state index in [2.05, 4.69) is 25.7 Å². The Morgan fingerprint density at radius 1 is 1.25 bits per heavy atom. The average molecular weight is 439 g/mol. The van der Waals surface area contributed by atoms with Gasteiger partial charge >= 0.3 is 0 Å². The second-order valence-electron chi connectivity index (χ2n) is 8.48. The summed E-state index contributed by atoms with van der Waals surface area (Å²) in [7, 11) is 0. The molecule has 3 N–H and O–H groups in total. The van der Waals surface area contributed by atoms with Crippen molar-refractivity contribution in [1.82, 2.24) is 25.1 Å². The molecule has 9 heteroatoms. The molecule has 0 radical (unpaired) electrons. The third-order valence-corrected chi connectivity index (χ3v) is 5.73. The van der Waals surface area contributed by atoms with Crippen molar-refractivity contribution in [3.05, 3.63) is 36.7 Å². The van der Waals surface area contributed by atoms with Crippen LogP contribution in [0.4, 0.5) is 5.95 Å². The van der Waals surface area contributed by atoms with E-state index in [1.165, 1.54) is 0 Å². The quantitative estimate of drug-likeness (QED) is 0.495. The number of aliphatic hydroxyl groups is 1. The van der Waals surface area contributed by atoms with Crippen LogP contribution in [0.2, 0.25) is 0 Å². The Morgan fingerprint density at radius 3 is 2.78 bits per heavy atom. The zero-order chi connectivity index (χ0) is 22.5. The first-order chi connectivity index (χ1) is 15.5. The molecule has 1 atom stereocenters. The number of carbonyl (C=O) groups excluding carboxylic acids is 1. The van der Waals surface area contributed by atoms with E-state index < -0.39 is 0 Å². The van der Waals surface area contributed by atoms with Crippen molar-refractivity contribution in [2.45, 2.75) is 51.6 Å².